The van der Waals surface area contributed by atoms with Gasteiger partial charge in [0.05, 0.1) is 6.10 Å². The second-order valence-corrected chi connectivity index (χ2v) is 8.83. The minimum atomic E-state index is -1.08. The molecule has 0 bridgehead atoms. The van der Waals surface area contributed by atoms with Crippen LogP contribution in [0.3, 0.4) is 0 Å². The van der Waals surface area contributed by atoms with Crippen molar-refractivity contribution in [2.45, 2.75) is 129 Å². The second-order valence-electron chi connectivity index (χ2n) is 8.83. The molecule has 0 saturated carbocycles. The van der Waals surface area contributed by atoms with Gasteiger partial charge < -0.3 is 26.0 Å². The Bertz CT molecular complexity index is 466. The summed E-state index contributed by atoms with van der Waals surface area (Å²) in [5.41, 5.74) is 0.342. The van der Waals surface area contributed by atoms with Crippen molar-refractivity contribution in [2.24, 2.45) is 0 Å². The summed E-state index contributed by atoms with van der Waals surface area (Å²) in [6.07, 6.45) is 16.7. The summed E-state index contributed by atoms with van der Waals surface area (Å²) in [4.78, 5) is 11.8. The Morgan fingerprint density at radius 1 is 0.742 bits per heavy atom. The fraction of sp³-hybridized carbons (Fsp3) is 0.880. The highest BCUT2D eigenvalue weighted by atomic mass is 16.3. The molecule has 5 N–H and O–H groups in total. The monoisotopic (exact) mass is 442 g/mol. The van der Waals surface area contributed by atoms with Crippen LogP contribution in [0.2, 0.25) is 0 Å². The number of carbonyl (C=O) groups excluding carboxylic acids is 1. The summed E-state index contributed by atoms with van der Waals surface area (Å²) in [5.74, 6) is -0.223. The minimum absolute atomic E-state index is 0.197. The van der Waals surface area contributed by atoms with Crippen LogP contribution in [0, 0.1) is 0 Å². The van der Waals surface area contributed by atoms with Crippen LogP contribution in [0.15, 0.2) is 11.3 Å². The predicted octanol–water partition coefficient (Wildman–Crippen LogP) is 5.73. The first kappa shape index (κ1) is 29.7. The number of hydrogen-bond donors (Lipinski definition) is 5. The fourth-order valence-electron chi connectivity index (χ4n) is 3.52. The van der Waals surface area contributed by atoms with Crippen molar-refractivity contribution >= 4 is 6.03 Å². The third-order valence-corrected chi connectivity index (χ3v) is 5.87. The van der Waals surface area contributed by atoms with Crippen molar-refractivity contribution in [2.75, 3.05) is 13.1 Å². The van der Waals surface area contributed by atoms with Gasteiger partial charge in [-0.1, -0.05) is 90.4 Å². The van der Waals surface area contributed by atoms with E-state index in [4.69, 9.17) is 0 Å². The van der Waals surface area contributed by atoms with Crippen LogP contribution < -0.4 is 10.6 Å². The highest BCUT2D eigenvalue weighted by Crippen LogP contribution is 2.13. The van der Waals surface area contributed by atoms with Gasteiger partial charge in [0.1, 0.15) is 11.9 Å². The molecule has 0 aromatic carbocycles. The Hall–Kier alpha value is -1.27. The van der Waals surface area contributed by atoms with Crippen molar-refractivity contribution in [1.82, 2.24) is 10.6 Å². The number of hydrogen-bond acceptors (Lipinski definition) is 4. The maximum atomic E-state index is 11.8. The molecule has 0 saturated heterocycles. The van der Waals surface area contributed by atoms with Gasteiger partial charge in [0.25, 0.3) is 0 Å². The topological polar surface area (TPSA) is 102 Å². The van der Waals surface area contributed by atoms with Crippen LogP contribution in [0.4, 0.5) is 4.79 Å². The Kier molecular flexibility index (Phi) is 19.8. The lowest BCUT2D eigenvalue weighted by atomic mass is 10.0. The summed E-state index contributed by atoms with van der Waals surface area (Å²) in [6.45, 7) is 6.26. The standard InChI is InChI=1S/C25H50N2O4/c1-4-5-6-7-8-9-10-11-12-13-14-15-16-17-19-26-25(31)27-20-18-23(29)24(30)21(2)22(3)28/h22-23,28-30H,4-20H2,1-3H3,(H2,26,27,31)/t22-,23-/m1/s1. The molecular weight excluding hydrogens is 392 g/mol. The molecule has 0 aliphatic carbocycles. The molecule has 2 atom stereocenters. The lowest BCUT2D eigenvalue weighted by Crippen LogP contribution is -2.37. The molecule has 31 heavy (non-hydrogen) atoms. The van der Waals surface area contributed by atoms with Gasteiger partial charge in [-0.05, 0) is 32.3 Å². The SMILES string of the molecule is CCCCCCCCCCCCCCCCNC(=O)NCC[C@@H](O)C(O)=C(C)[C@@H](C)O. The minimum Gasteiger partial charge on any atom is -0.510 e. The number of amides is 2. The number of aliphatic hydroxyl groups excluding tert-OH is 3. The average molecular weight is 443 g/mol. The van der Waals surface area contributed by atoms with Crippen LogP contribution in [-0.4, -0.2) is 46.6 Å². The molecule has 0 radical (unpaired) electrons. The molecule has 0 unspecified atom stereocenters. The molecule has 0 aliphatic rings. The molecular formula is C25H50N2O4. The van der Waals surface area contributed by atoms with Gasteiger partial charge in [-0.2, -0.15) is 0 Å². The van der Waals surface area contributed by atoms with Gasteiger partial charge in [-0.25, -0.2) is 4.79 Å². The smallest absolute Gasteiger partial charge is 0.314 e. The molecule has 6 heteroatoms. The zero-order chi connectivity index (χ0) is 23.3. The third kappa shape index (κ3) is 18.0. The van der Waals surface area contributed by atoms with Gasteiger partial charge >= 0.3 is 6.03 Å². The van der Waals surface area contributed by atoms with Crippen LogP contribution in [-0.2, 0) is 0 Å². The average Bonchev–Trinajstić information content (AvgIpc) is 2.75. The Balaban J connectivity index is 3.44. The molecule has 0 aromatic rings. The first-order valence-electron chi connectivity index (χ1n) is 12.7. The maximum absolute atomic E-state index is 11.8. The van der Waals surface area contributed by atoms with Crippen molar-refractivity contribution in [3.05, 3.63) is 11.3 Å². The van der Waals surface area contributed by atoms with Gasteiger partial charge in [0.15, 0.2) is 0 Å². The van der Waals surface area contributed by atoms with Crippen LogP contribution >= 0.6 is 0 Å². The molecule has 0 spiro atoms. The van der Waals surface area contributed by atoms with Crippen LogP contribution in [0.1, 0.15) is 117 Å². The lowest BCUT2D eigenvalue weighted by Gasteiger charge is -2.15. The Morgan fingerprint density at radius 2 is 1.16 bits per heavy atom. The number of urea groups is 1. The van der Waals surface area contributed by atoms with E-state index in [0.29, 0.717) is 12.1 Å². The summed E-state index contributed by atoms with van der Waals surface area (Å²) in [6, 6.07) is -0.252. The van der Waals surface area contributed by atoms with E-state index in [1.807, 2.05) is 0 Å². The van der Waals surface area contributed by atoms with E-state index >= 15 is 0 Å². The zero-order valence-corrected chi connectivity index (χ0v) is 20.4. The quantitative estimate of drug-likeness (QED) is 0.123. The first-order chi connectivity index (χ1) is 14.9. The highest BCUT2D eigenvalue weighted by molar-refractivity contribution is 5.73. The molecule has 6 nitrogen and oxygen atoms in total. The zero-order valence-electron chi connectivity index (χ0n) is 20.4. The molecule has 0 aliphatic heterocycles. The largest absolute Gasteiger partial charge is 0.510 e. The van der Waals surface area contributed by atoms with Crippen LogP contribution in [0.25, 0.3) is 0 Å². The highest BCUT2D eigenvalue weighted by Gasteiger charge is 2.15. The molecule has 0 aromatic heterocycles. The van der Waals surface area contributed by atoms with Gasteiger partial charge in [0, 0.05) is 13.1 Å². The molecule has 0 rings (SSSR count). The van der Waals surface area contributed by atoms with E-state index in [1.165, 1.54) is 84.0 Å². The second kappa shape index (κ2) is 20.6. The molecule has 0 heterocycles. The van der Waals surface area contributed by atoms with Crippen molar-refractivity contribution in [3.63, 3.8) is 0 Å². The number of nitrogens with one attached hydrogen (secondary N) is 2. The molecule has 184 valence electrons. The van der Waals surface area contributed by atoms with Crippen LogP contribution in [0.5, 0.6) is 0 Å². The molecule has 0 fully saturated rings. The number of rotatable bonds is 20. The van der Waals surface area contributed by atoms with Crippen molar-refractivity contribution in [3.8, 4) is 0 Å². The fourth-order valence-corrected chi connectivity index (χ4v) is 3.52. The van der Waals surface area contributed by atoms with Gasteiger partial charge in [0.2, 0.25) is 0 Å². The van der Waals surface area contributed by atoms with Gasteiger partial charge in [-0.15, -0.1) is 0 Å². The summed E-state index contributed by atoms with van der Waals surface area (Å²) in [5, 5.41) is 34.6. The molecule has 2 amide bonds. The third-order valence-electron chi connectivity index (χ3n) is 5.87. The lowest BCUT2D eigenvalue weighted by molar-refractivity contribution is 0.133. The normalized spacial score (nSPS) is 14.1. The summed E-state index contributed by atoms with van der Waals surface area (Å²) >= 11 is 0. The number of carbonyl (C=O) groups is 1. The Morgan fingerprint density at radius 3 is 1.61 bits per heavy atom. The summed E-state index contributed by atoms with van der Waals surface area (Å²) < 4.78 is 0. The van der Waals surface area contributed by atoms with E-state index in [-0.39, 0.29) is 24.8 Å². The summed E-state index contributed by atoms with van der Waals surface area (Å²) in [7, 11) is 0. The first-order valence-corrected chi connectivity index (χ1v) is 12.7. The maximum Gasteiger partial charge on any atom is 0.314 e. The van der Waals surface area contributed by atoms with E-state index in [9.17, 15) is 20.1 Å². The van der Waals surface area contributed by atoms with Crippen molar-refractivity contribution in [1.29, 1.82) is 0 Å². The van der Waals surface area contributed by atoms with Crippen molar-refractivity contribution < 1.29 is 20.1 Å². The van der Waals surface area contributed by atoms with E-state index < -0.39 is 12.2 Å². The van der Waals surface area contributed by atoms with Gasteiger partial charge in [-0.3, -0.25) is 0 Å². The van der Waals surface area contributed by atoms with E-state index in [2.05, 4.69) is 17.6 Å². The predicted molar refractivity (Wildman–Crippen MR) is 129 cm³/mol. The Labute approximate surface area is 190 Å². The number of unbranched alkanes of at least 4 members (excludes halogenated alkanes) is 13. The van der Waals surface area contributed by atoms with E-state index in [1.54, 1.807) is 6.92 Å². The number of aliphatic hydroxyl groups is 3. The van der Waals surface area contributed by atoms with E-state index in [0.717, 1.165) is 12.8 Å².